The second kappa shape index (κ2) is 9.30. The number of nitrogens with zero attached hydrogens (tertiary/aromatic N) is 2. The standard InChI is InChI=1S/C24H20F4N6O2/c1-34-20-9-21(30)31-11-13(20)5-17(22(34)35)16-8-19(18(25)6-12(16)10-29)33-23(36)32-15-4-2-3-14(7-15)24(26,27)28/h2-9,11H,10,29H2,1H3,(H2,30,31)(H2,32,33,36). The number of nitrogens with two attached hydrogens (primary N) is 2. The van der Waals surface area contributed by atoms with Gasteiger partial charge in [0, 0.05) is 42.5 Å². The molecule has 12 heteroatoms. The van der Waals surface area contributed by atoms with Crippen molar-refractivity contribution in [3.63, 3.8) is 0 Å². The van der Waals surface area contributed by atoms with E-state index in [-0.39, 0.29) is 34.9 Å². The number of aromatic nitrogens is 2. The predicted molar refractivity (Wildman–Crippen MR) is 129 cm³/mol. The Bertz CT molecular complexity index is 1550. The molecule has 0 aliphatic heterocycles. The Hall–Kier alpha value is -4.45. The molecule has 0 bridgehead atoms. The summed E-state index contributed by atoms with van der Waals surface area (Å²) in [6, 6.07) is 8.44. The number of alkyl halides is 3. The molecule has 186 valence electrons. The summed E-state index contributed by atoms with van der Waals surface area (Å²) in [4.78, 5) is 29.6. The van der Waals surface area contributed by atoms with Crippen molar-refractivity contribution in [2.24, 2.45) is 12.8 Å². The lowest BCUT2D eigenvalue weighted by molar-refractivity contribution is -0.137. The number of nitrogens with one attached hydrogen (secondary N) is 2. The maximum Gasteiger partial charge on any atom is 0.416 e. The normalized spacial score (nSPS) is 11.5. The van der Waals surface area contributed by atoms with Gasteiger partial charge in [-0.1, -0.05) is 6.07 Å². The van der Waals surface area contributed by atoms with Crippen molar-refractivity contribution < 1.29 is 22.4 Å². The van der Waals surface area contributed by atoms with Crippen LogP contribution >= 0.6 is 0 Å². The van der Waals surface area contributed by atoms with Gasteiger partial charge in [0.05, 0.1) is 16.8 Å². The first kappa shape index (κ1) is 24.7. The highest BCUT2D eigenvalue weighted by Crippen LogP contribution is 2.32. The molecular formula is C24H20F4N6O2. The largest absolute Gasteiger partial charge is 0.416 e. The molecule has 0 saturated carbocycles. The maximum absolute atomic E-state index is 14.8. The number of rotatable bonds is 4. The third-order valence-electron chi connectivity index (χ3n) is 5.53. The van der Waals surface area contributed by atoms with Gasteiger partial charge in [-0.2, -0.15) is 13.2 Å². The highest BCUT2D eigenvalue weighted by Gasteiger charge is 2.30. The van der Waals surface area contributed by atoms with E-state index in [0.717, 1.165) is 24.3 Å². The van der Waals surface area contributed by atoms with Gasteiger partial charge in [-0.15, -0.1) is 0 Å². The van der Waals surface area contributed by atoms with Gasteiger partial charge >= 0.3 is 12.2 Å². The van der Waals surface area contributed by atoms with Crippen LogP contribution < -0.4 is 27.7 Å². The molecular weight excluding hydrogens is 480 g/mol. The van der Waals surface area contributed by atoms with Crippen LogP contribution in [0.25, 0.3) is 22.0 Å². The van der Waals surface area contributed by atoms with Gasteiger partial charge in [0.2, 0.25) is 0 Å². The summed E-state index contributed by atoms with van der Waals surface area (Å²) in [6.07, 6.45) is -3.11. The minimum atomic E-state index is -4.60. The molecule has 2 amide bonds. The lowest BCUT2D eigenvalue weighted by Gasteiger charge is -2.15. The van der Waals surface area contributed by atoms with Crippen molar-refractivity contribution in [2.45, 2.75) is 12.7 Å². The Morgan fingerprint density at radius 2 is 1.83 bits per heavy atom. The van der Waals surface area contributed by atoms with E-state index < -0.39 is 29.1 Å². The van der Waals surface area contributed by atoms with Crippen LogP contribution in [-0.4, -0.2) is 15.6 Å². The van der Waals surface area contributed by atoms with Crippen LogP contribution in [0.15, 0.2) is 59.5 Å². The minimum absolute atomic E-state index is 0.107. The quantitative estimate of drug-likeness (QED) is 0.308. The van der Waals surface area contributed by atoms with E-state index in [4.69, 9.17) is 11.5 Å². The summed E-state index contributed by atoms with van der Waals surface area (Å²) in [5, 5.41) is 5.10. The van der Waals surface area contributed by atoms with E-state index in [1.807, 2.05) is 0 Å². The van der Waals surface area contributed by atoms with E-state index in [0.29, 0.717) is 16.5 Å². The number of halogens is 4. The van der Waals surface area contributed by atoms with Crippen LogP contribution in [-0.2, 0) is 19.8 Å². The molecule has 8 nitrogen and oxygen atoms in total. The predicted octanol–water partition coefficient (Wildman–Crippen LogP) is 4.44. The molecule has 4 rings (SSSR count). The van der Waals surface area contributed by atoms with Crippen LogP contribution in [0.1, 0.15) is 11.1 Å². The molecule has 0 atom stereocenters. The first-order valence-corrected chi connectivity index (χ1v) is 10.5. The highest BCUT2D eigenvalue weighted by atomic mass is 19.4. The van der Waals surface area contributed by atoms with Gasteiger partial charge in [-0.05, 0) is 47.5 Å². The lowest BCUT2D eigenvalue weighted by Crippen LogP contribution is -2.22. The number of hydrogen-bond acceptors (Lipinski definition) is 5. The fraction of sp³-hybridized carbons (Fsp3) is 0.125. The molecule has 6 N–H and O–H groups in total. The van der Waals surface area contributed by atoms with Crippen LogP contribution in [0.2, 0.25) is 0 Å². The zero-order valence-electron chi connectivity index (χ0n) is 18.8. The van der Waals surface area contributed by atoms with Crippen LogP contribution in [0.4, 0.5) is 39.5 Å². The lowest BCUT2D eigenvalue weighted by atomic mass is 9.98. The van der Waals surface area contributed by atoms with Crippen molar-refractivity contribution in [3.05, 3.63) is 82.0 Å². The number of urea groups is 1. The van der Waals surface area contributed by atoms with Crippen molar-refractivity contribution >= 4 is 34.1 Å². The second-order valence-corrected chi connectivity index (χ2v) is 7.94. The van der Waals surface area contributed by atoms with Gasteiger partial charge in [-0.3, -0.25) is 4.79 Å². The van der Waals surface area contributed by atoms with Gasteiger partial charge in [0.25, 0.3) is 5.56 Å². The molecule has 0 saturated heterocycles. The highest BCUT2D eigenvalue weighted by molar-refractivity contribution is 6.00. The van der Waals surface area contributed by atoms with Crippen molar-refractivity contribution in [1.82, 2.24) is 9.55 Å². The fourth-order valence-electron chi connectivity index (χ4n) is 3.76. The topological polar surface area (TPSA) is 128 Å². The Morgan fingerprint density at radius 3 is 2.53 bits per heavy atom. The minimum Gasteiger partial charge on any atom is -0.384 e. The van der Waals surface area contributed by atoms with Crippen molar-refractivity contribution in [2.75, 3.05) is 16.4 Å². The molecule has 0 fully saturated rings. The van der Waals surface area contributed by atoms with E-state index in [9.17, 15) is 27.2 Å². The molecule has 0 radical (unpaired) electrons. The molecule has 2 heterocycles. The number of benzene rings is 2. The molecule has 4 aromatic rings. The Balaban J connectivity index is 1.71. The molecule has 2 aromatic heterocycles. The molecule has 0 aliphatic carbocycles. The van der Waals surface area contributed by atoms with E-state index in [1.54, 1.807) is 19.2 Å². The fourth-order valence-corrected chi connectivity index (χ4v) is 3.76. The number of carbonyl (C=O) groups is 1. The number of nitrogen functional groups attached to an aromatic ring is 1. The van der Waals surface area contributed by atoms with Crippen molar-refractivity contribution in [3.8, 4) is 11.1 Å². The van der Waals surface area contributed by atoms with E-state index in [1.165, 1.54) is 22.9 Å². The van der Waals surface area contributed by atoms with Gasteiger partial charge in [0.15, 0.2) is 0 Å². The average molecular weight is 500 g/mol. The van der Waals surface area contributed by atoms with E-state index >= 15 is 0 Å². The third kappa shape index (κ3) is 4.84. The summed E-state index contributed by atoms with van der Waals surface area (Å²) < 4.78 is 54.9. The SMILES string of the molecule is Cn1c(=O)c(-c2cc(NC(=O)Nc3cccc(C(F)(F)F)c3)c(F)cc2CN)cc2cnc(N)cc21. The van der Waals surface area contributed by atoms with Crippen LogP contribution in [0, 0.1) is 5.82 Å². The first-order chi connectivity index (χ1) is 17.0. The van der Waals surface area contributed by atoms with Crippen LogP contribution in [0.3, 0.4) is 0 Å². The van der Waals surface area contributed by atoms with Crippen molar-refractivity contribution in [1.29, 1.82) is 0 Å². The molecule has 0 spiro atoms. The summed E-state index contributed by atoms with van der Waals surface area (Å²) >= 11 is 0. The Kier molecular flexibility index (Phi) is 6.37. The van der Waals surface area contributed by atoms with Crippen LogP contribution in [0.5, 0.6) is 0 Å². The summed E-state index contributed by atoms with van der Waals surface area (Å²) in [5.74, 6) is -0.613. The zero-order valence-corrected chi connectivity index (χ0v) is 18.8. The third-order valence-corrected chi connectivity index (χ3v) is 5.53. The molecule has 36 heavy (non-hydrogen) atoms. The van der Waals surface area contributed by atoms with Gasteiger partial charge in [-0.25, -0.2) is 14.2 Å². The number of amides is 2. The number of carbonyl (C=O) groups excluding carboxylic acids is 1. The smallest absolute Gasteiger partial charge is 0.384 e. The number of anilines is 3. The first-order valence-electron chi connectivity index (χ1n) is 10.5. The molecule has 0 unspecified atom stereocenters. The maximum atomic E-state index is 14.8. The zero-order chi connectivity index (χ0) is 26.2. The molecule has 0 aliphatic rings. The Labute approximate surface area is 201 Å². The summed E-state index contributed by atoms with van der Waals surface area (Å²) in [5.41, 5.74) is 11.0. The summed E-state index contributed by atoms with van der Waals surface area (Å²) in [6.45, 7) is -0.107. The Morgan fingerprint density at radius 1 is 1.08 bits per heavy atom. The number of fused-ring (bicyclic) bond motifs is 1. The van der Waals surface area contributed by atoms with Gasteiger partial charge in [0.1, 0.15) is 11.6 Å². The molecule has 2 aromatic carbocycles. The summed E-state index contributed by atoms with van der Waals surface area (Å²) in [7, 11) is 1.54. The number of hydrogen-bond donors (Lipinski definition) is 4. The van der Waals surface area contributed by atoms with Gasteiger partial charge < -0.3 is 26.7 Å². The second-order valence-electron chi connectivity index (χ2n) is 7.94. The number of aryl methyl sites for hydroxylation is 1. The average Bonchev–Trinajstić information content (AvgIpc) is 2.82. The van der Waals surface area contributed by atoms with E-state index in [2.05, 4.69) is 15.6 Å². The monoisotopic (exact) mass is 500 g/mol. The number of pyridine rings is 2.